The van der Waals surface area contributed by atoms with Crippen molar-refractivity contribution >= 4 is 23.3 Å². The quantitative estimate of drug-likeness (QED) is 0.740. The molecule has 2 heterocycles. The zero-order valence-corrected chi connectivity index (χ0v) is 15.7. The van der Waals surface area contributed by atoms with E-state index in [1.165, 1.54) is 4.90 Å². The zero-order chi connectivity index (χ0) is 18.8. The van der Waals surface area contributed by atoms with Gasteiger partial charge < -0.3 is 10.0 Å². The molecule has 0 unspecified atom stereocenters. The van der Waals surface area contributed by atoms with Gasteiger partial charge in [0.25, 0.3) is 5.78 Å². The standard InChI is InChI=1S/C18H20ClN5O2/c1-11-15(10-16(26)23(3)8-9-25)12(2)24-18(20-11)21-17(22-24)13-4-6-14(19)7-5-13/h4-7,25H,8-10H2,1-3H3. The van der Waals surface area contributed by atoms with E-state index in [2.05, 4.69) is 15.1 Å². The lowest BCUT2D eigenvalue weighted by atomic mass is 10.1. The largest absolute Gasteiger partial charge is 0.395 e. The number of amides is 1. The number of rotatable bonds is 5. The van der Waals surface area contributed by atoms with Crippen molar-refractivity contribution in [3.8, 4) is 11.4 Å². The first kappa shape index (κ1) is 18.3. The van der Waals surface area contributed by atoms with Crippen LogP contribution in [0, 0.1) is 13.8 Å². The van der Waals surface area contributed by atoms with Gasteiger partial charge in [-0.3, -0.25) is 4.79 Å². The molecule has 0 radical (unpaired) electrons. The number of aryl methyl sites for hydroxylation is 2. The lowest BCUT2D eigenvalue weighted by Gasteiger charge is -2.17. The number of carbonyl (C=O) groups is 1. The number of aromatic nitrogens is 4. The molecule has 3 aromatic rings. The molecule has 0 aliphatic heterocycles. The van der Waals surface area contributed by atoms with Crippen LogP contribution in [0.2, 0.25) is 5.02 Å². The SMILES string of the molecule is Cc1nc2nc(-c3ccc(Cl)cc3)nn2c(C)c1CC(=O)N(C)CCO. The molecule has 0 aliphatic carbocycles. The zero-order valence-electron chi connectivity index (χ0n) is 14.9. The van der Waals surface area contributed by atoms with Crippen LogP contribution in [0.15, 0.2) is 24.3 Å². The van der Waals surface area contributed by atoms with E-state index in [0.29, 0.717) is 23.2 Å². The molecular formula is C18H20ClN5O2. The van der Waals surface area contributed by atoms with Crippen molar-refractivity contribution in [1.82, 2.24) is 24.5 Å². The fourth-order valence-electron chi connectivity index (χ4n) is 2.75. The van der Waals surface area contributed by atoms with Crippen molar-refractivity contribution in [3.63, 3.8) is 0 Å². The van der Waals surface area contributed by atoms with E-state index in [1.54, 1.807) is 23.7 Å². The normalized spacial score (nSPS) is 11.1. The molecule has 2 aromatic heterocycles. The third-order valence-corrected chi connectivity index (χ3v) is 4.59. The van der Waals surface area contributed by atoms with E-state index in [-0.39, 0.29) is 18.9 Å². The summed E-state index contributed by atoms with van der Waals surface area (Å²) in [6.45, 7) is 4.00. The number of aliphatic hydroxyl groups excluding tert-OH is 1. The third-order valence-electron chi connectivity index (χ3n) is 4.34. The molecule has 0 spiro atoms. The number of hydrogen-bond acceptors (Lipinski definition) is 5. The van der Waals surface area contributed by atoms with E-state index >= 15 is 0 Å². The molecule has 0 aliphatic rings. The van der Waals surface area contributed by atoms with Crippen molar-refractivity contribution in [2.24, 2.45) is 0 Å². The maximum absolute atomic E-state index is 12.3. The lowest BCUT2D eigenvalue weighted by molar-refractivity contribution is -0.129. The smallest absolute Gasteiger partial charge is 0.253 e. The number of benzene rings is 1. The summed E-state index contributed by atoms with van der Waals surface area (Å²) in [5.74, 6) is 0.965. The van der Waals surface area contributed by atoms with Gasteiger partial charge in [-0.2, -0.15) is 4.98 Å². The molecular weight excluding hydrogens is 354 g/mol. The molecule has 0 bridgehead atoms. The second-order valence-corrected chi connectivity index (χ2v) is 6.57. The molecule has 0 fully saturated rings. The molecule has 0 saturated carbocycles. The molecule has 136 valence electrons. The van der Waals surface area contributed by atoms with Crippen LogP contribution in [-0.4, -0.2) is 55.7 Å². The molecule has 26 heavy (non-hydrogen) atoms. The summed E-state index contributed by atoms with van der Waals surface area (Å²) in [5, 5.41) is 14.2. The van der Waals surface area contributed by atoms with E-state index in [9.17, 15) is 4.79 Å². The van der Waals surface area contributed by atoms with Crippen LogP contribution < -0.4 is 0 Å². The van der Waals surface area contributed by atoms with Gasteiger partial charge in [0.2, 0.25) is 5.91 Å². The Morgan fingerprint density at radius 3 is 2.58 bits per heavy atom. The van der Waals surface area contributed by atoms with Crippen LogP contribution in [0.5, 0.6) is 0 Å². The number of fused-ring (bicyclic) bond motifs is 1. The summed E-state index contributed by atoms with van der Waals surface area (Å²) < 4.78 is 1.66. The molecule has 0 saturated heterocycles. The molecule has 7 nitrogen and oxygen atoms in total. The van der Waals surface area contributed by atoms with E-state index in [4.69, 9.17) is 16.7 Å². The predicted octanol–water partition coefficient (Wildman–Crippen LogP) is 2.05. The lowest BCUT2D eigenvalue weighted by Crippen LogP contribution is -2.31. The molecule has 0 atom stereocenters. The van der Waals surface area contributed by atoms with Gasteiger partial charge in [0.05, 0.1) is 13.0 Å². The monoisotopic (exact) mass is 373 g/mol. The van der Waals surface area contributed by atoms with Crippen molar-refractivity contribution in [1.29, 1.82) is 0 Å². The Morgan fingerprint density at radius 2 is 1.92 bits per heavy atom. The number of likely N-dealkylation sites (N-methyl/N-ethyl adjacent to an activating group) is 1. The highest BCUT2D eigenvalue weighted by molar-refractivity contribution is 6.30. The third kappa shape index (κ3) is 3.54. The van der Waals surface area contributed by atoms with Crippen molar-refractivity contribution in [3.05, 3.63) is 46.2 Å². The summed E-state index contributed by atoms with van der Waals surface area (Å²) in [4.78, 5) is 22.8. The number of hydrogen-bond donors (Lipinski definition) is 1. The van der Waals surface area contributed by atoms with Gasteiger partial charge in [-0.25, -0.2) is 9.50 Å². The first-order valence-electron chi connectivity index (χ1n) is 8.24. The first-order chi connectivity index (χ1) is 12.4. The minimum absolute atomic E-state index is 0.0645. The van der Waals surface area contributed by atoms with Crippen LogP contribution in [-0.2, 0) is 11.2 Å². The fraction of sp³-hybridized carbons (Fsp3) is 0.333. The summed E-state index contributed by atoms with van der Waals surface area (Å²) in [7, 11) is 1.67. The Balaban J connectivity index is 1.99. The highest BCUT2D eigenvalue weighted by Crippen LogP contribution is 2.21. The summed E-state index contributed by atoms with van der Waals surface area (Å²) in [6.07, 6.45) is 0.202. The second-order valence-electron chi connectivity index (χ2n) is 6.13. The van der Waals surface area contributed by atoms with Crippen LogP contribution in [0.25, 0.3) is 17.2 Å². The van der Waals surface area contributed by atoms with E-state index < -0.39 is 0 Å². The van der Waals surface area contributed by atoms with Crippen molar-refractivity contribution in [2.45, 2.75) is 20.3 Å². The molecule has 3 rings (SSSR count). The second kappa shape index (κ2) is 7.39. The Labute approximate surface area is 156 Å². The predicted molar refractivity (Wildman–Crippen MR) is 99.1 cm³/mol. The van der Waals surface area contributed by atoms with Crippen LogP contribution in [0.3, 0.4) is 0 Å². The summed E-state index contributed by atoms with van der Waals surface area (Å²) >= 11 is 5.93. The van der Waals surface area contributed by atoms with Crippen LogP contribution in [0.1, 0.15) is 17.0 Å². The topological polar surface area (TPSA) is 83.6 Å². The first-order valence-corrected chi connectivity index (χ1v) is 8.62. The Hall–Kier alpha value is -2.51. The number of halogens is 1. The number of nitrogens with zero attached hydrogens (tertiary/aromatic N) is 5. The Kier molecular flexibility index (Phi) is 5.20. The van der Waals surface area contributed by atoms with Crippen LogP contribution >= 0.6 is 11.6 Å². The van der Waals surface area contributed by atoms with Crippen LogP contribution in [0.4, 0.5) is 0 Å². The Morgan fingerprint density at radius 1 is 1.23 bits per heavy atom. The van der Waals surface area contributed by atoms with Gasteiger partial charge in [0.1, 0.15) is 0 Å². The summed E-state index contributed by atoms with van der Waals surface area (Å²) in [6, 6.07) is 7.28. The number of aliphatic hydroxyl groups is 1. The summed E-state index contributed by atoms with van der Waals surface area (Å²) in [5.41, 5.74) is 3.24. The van der Waals surface area contributed by atoms with Gasteiger partial charge in [-0.1, -0.05) is 11.6 Å². The van der Waals surface area contributed by atoms with Crippen molar-refractivity contribution < 1.29 is 9.90 Å². The maximum atomic E-state index is 12.3. The maximum Gasteiger partial charge on any atom is 0.253 e. The minimum atomic E-state index is -0.0792. The van der Waals surface area contributed by atoms with E-state index in [0.717, 1.165) is 22.5 Å². The highest BCUT2D eigenvalue weighted by Gasteiger charge is 2.18. The van der Waals surface area contributed by atoms with Crippen molar-refractivity contribution in [2.75, 3.05) is 20.2 Å². The van der Waals surface area contributed by atoms with Gasteiger partial charge in [0.15, 0.2) is 5.82 Å². The molecule has 1 amide bonds. The molecule has 1 N–H and O–H groups in total. The highest BCUT2D eigenvalue weighted by atomic mass is 35.5. The van der Waals surface area contributed by atoms with Gasteiger partial charge in [0, 0.05) is 41.1 Å². The number of carbonyl (C=O) groups excluding carboxylic acids is 1. The van der Waals surface area contributed by atoms with Gasteiger partial charge in [-0.15, -0.1) is 5.10 Å². The van der Waals surface area contributed by atoms with E-state index in [1.807, 2.05) is 26.0 Å². The Bertz CT molecular complexity index is 952. The average molecular weight is 374 g/mol. The minimum Gasteiger partial charge on any atom is -0.395 e. The molecule has 1 aromatic carbocycles. The fourth-order valence-corrected chi connectivity index (χ4v) is 2.87. The molecule has 8 heteroatoms. The van der Waals surface area contributed by atoms with Gasteiger partial charge in [-0.05, 0) is 38.1 Å². The average Bonchev–Trinajstić information content (AvgIpc) is 3.03. The van der Waals surface area contributed by atoms with Gasteiger partial charge >= 0.3 is 0 Å².